The van der Waals surface area contributed by atoms with Gasteiger partial charge in [-0.25, -0.2) is 0 Å². The van der Waals surface area contributed by atoms with Crippen LogP contribution in [0.2, 0.25) is 0 Å². The van der Waals surface area contributed by atoms with Crippen molar-refractivity contribution >= 4 is 26.1 Å². The third-order valence-electron chi connectivity index (χ3n) is 0.116. The minimum atomic E-state index is -3.19. The summed E-state index contributed by atoms with van der Waals surface area (Å²) >= 11 is 3.85. The average molecular weight is 127 g/mol. The molecule has 0 aromatic carbocycles. The lowest BCUT2D eigenvalue weighted by molar-refractivity contribution is 0.748. The molecule has 0 saturated heterocycles. The highest BCUT2D eigenvalue weighted by atomic mass is 32.1. The maximum absolute atomic E-state index is 10.8. The van der Waals surface area contributed by atoms with Crippen LogP contribution in [0.5, 0.6) is 0 Å². The van der Waals surface area contributed by atoms with Crippen molar-refractivity contribution in [1.29, 1.82) is 0 Å². The second-order valence-electron chi connectivity index (χ2n) is 0.406. The lowest BCUT2D eigenvalue weighted by Crippen LogP contribution is -1.35. The van der Waals surface area contributed by atoms with E-state index in [1.807, 2.05) is 0 Å². The van der Waals surface area contributed by atoms with E-state index in [9.17, 15) is 8.39 Å². The lowest BCUT2D eigenvalue weighted by Gasteiger charge is -1.71. The Morgan fingerprint density at radius 1 is 1.67 bits per heavy atom. The van der Waals surface area contributed by atoms with Gasteiger partial charge in [-0.2, -0.15) is 8.39 Å². The highest BCUT2D eigenvalue weighted by Gasteiger charge is 1.93. The summed E-state index contributed by atoms with van der Waals surface area (Å²) in [6.07, 6.45) is 0. The van der Waals surface area contributed by atoms with Gasteiger partial charge in [-0.3, -0.25) is 0 Å². The standard InChI is InChI=1S/CF2NPS/c2-5(3)4-1-6. The summed E-state index contributed by atoms with van der Waals surface area (Å²) in [5.74, 6) is 0. The fourth-order valence-electron chi connectivity index (χ4n) is 0.0309. The molecule has 34 valence electrons. The summed E-state index contributed by atoms with van der Waals surface area (Å²) in [6, 6.07) is 0. The molecule has 0 N–H and O–H groups in total. The quantitative estimate of drug-likeness (QED) is 0.299. The first kappa shape index (κ1) is 6.09. The summed E-state index contributed by atoms with van der Waals surface area (Å²) in [5, 5.41) is 1.55. The van der Waals surface area contributed by atoms with Crippen LogP contribution in [0.4, 0.5) is 8.39 Å². The van der Waals surface area contributed by atoms with E-state index in [0.717, 1.165) is 0 Å². The Kier molecular flexibility index (Phi) is 3.34. The monoisotopic (exact) mass is 127 g/mol. The van der Waals surface area contributed by atoms with Crippen LogP contribution in [-0.2, 0) is 0 Å². The van der Waals surface area contributed by atoms with E-state index in [2.05, 4.69) is 17.0 Å². The number of halogens is 2. The van der Waals surface area contributed by atoms with Crippen molar-refractivity contribution in [3.63, 3.8) is 0 Å². The molecule has 0 heterocycles. The predicted molar refractivity (Wildman–Crippen MR) is 24.2 cm³/mol. The second-order valence-corrected chi connectivity index (χ2v) is 1.22. The van der Waals surface area contributed by atoms with E-state index >= 15 is 0 Å². The van der Waals surface area contributed by atoms with Crippen molar-refractivity contribution < 1.29 is 8.39 Å². The first-order valence-corrected chi connectivity index (χ1v) is 2.45. The van der Waals surface area contributed by atoms with Crippen LogP contribution in [0.25, 0.3) is 0 Å². The van der Waals surface area contributed by atoms with E-state index in [0.29, 0.717) is 0 Å². The van der Waals surface area contributed by atoms with Crippen molar-refractivity contribution in [3.05, 3.63) is 0 Å². The molecule has 0 rings (SSSR count). The summed E-state index contributed by atoms with van der Waals surface area (Å²) in [4.78, 5) is 0. The van der Waals surface area contributed by atoms with Gasteiger partial charge >= 0.3 is 8.69 Å². The Labute approximate surface area is 40.1 Å². The molecule has 0 aliphatic carbocycles. The molecule has 0 aliphatic heterocycles. The Bertz CT molecular complexity index is 77.6. The minimum absolute atomic E-state index is 1.55. The molecule has 0 atom stereocenters. The molecule has 0 radical (unpaired) electrons. The normalized spacial score (nSPS) is 7.83. The summed E-state index contributed by atoms with van der Waals surface area (Å²) in [6.45, 7) is 0. The topological polar surface area (TPSA) is 12.4 Å². The molecule has 1 nitrogen and oxygen atoms in total. The third kappa shape index (κ3) is 4.09. The lowest BCUT2D eigenvalue weighted by atomic mass is 11.8. The molecule has 6 heavy (non-hydrogen) atoms. The van der Waals surface area contributed by atoms with E-state index < -0.39 is 8.69 Å². The van der Waals surface area contributed by atoms with Gasteiger partial charge in [0.2, 0.25) is 0 Å². The molecule has 0 aliphatic rings. The molecule has 0 aromatic heterocycles. The first-order chi connectivity index (χ1) is 2.77. The SMILES string of the molecule is FP(F)N=C=S. The van der Waals surface area contributed by atoms with Crippen molar-refractivity contribution in [3.8, 4) is 0 Å². The van der Waals surface area contributed by atoms with Crippen LogP contribution >= 0.6 is 20.9 Å². The second kappa shape index (κ2) is 3.29. The van der Waals surface area contributed by atoms with Gasteiger partial charge in [0.05, 0.1) is 5.16 Å². The van der Waals surface area contributed by atoms with Crippen LogP contribution in [0.15, 0.2) is 4.76 Å². The molecular weight excluding hydrogens is 127 g/mol. The molecule has 0 bridgehead atoms. The Morgan fingerprint density at radius 2 is 2.17 bits per heavy atom. The Morgan fingerprint density at radius 3 is 2.17 bits per heavy atom. The number of hydrogen-bond acceptors (Lipinski definition) is 2. The summed E-state index contributed by atoms with van der Waals surface area (Å²) in [7, 11) is -3.19. The zero-order valence-electron chi connectivity index (χ0n) is 2.56. The summed E-state index contributed by atoms with van der Waals surface area (Å²) in [5.41, 5.74) is 0. The highest BCUT2D eigenvalue weighted by Crippen LogP contribution is 2.38. The van der Waals surface area contributed by atoms with Crippen LogP contribution in [0, 0.1) is 0 Å². The van der Waals surface area contributed by atoms with Gasteiger partial charge in [0, 0.05) is 0 Å². The van der Waals surface area contributed by atoms with Gasteiger partial charge in [0.15, 0.2) is 0 Å². The number of hydrogen-bond donors (Lipinski definition) is 0. The first-order valence-electron chi connectivity index (χ1n) is 0.966. The minimum Gasteiger partial charge on any atom is -0.160 e. The van der Waals surface area contributed by atoms with Crippen molar-refractivity contribution in [1.82, 2.24) is 0 Å². The average Bonchev–Trinajstić information content (AvgIpc) is 1.35. The van der Waals surface area contributed by atoms with Crippen LogP contribution in [0.1, 0.15) is 0 Å². The molecule has 0 amide bonds. The number of rotatable bonds is 1. The fraction of sp³-hybridized carbons (Fsp3) is 0. The molecular formula is CF2NPS. The van der Waals surface area contributed by atoms with E-state index in [1.54, 1.807) is 5.16 Å². The number of isothiocyanates is 1. The molecule has 0 unspecified atom stereocenters. The van der Waals surface area contributed by atoms with Crippen LogP contribution in [-0.4, -0.2) is 5.16 Å². The molecule has 5 heteroatoms. The maximum Gasteiger partial charge on any atom is 0.401 e. The largest absolute Gasteiger partial charge is 0.401 e. The molecule has 0 spiro atoms. The van der Waals surface area contributed by atoms with Crippen molar-refractivity contribution in [2.24, 2.45) is 4.76 Å². The molecule has 0 saturated carbocycles. The van der Waals surface area contributed by atoms with E-state index in [1.165, 1.54) is 0 Å². The van der Waals surface area contributed by atoms with Crippen LogP contribution < -0.4 is 0 Å². The van der Waals surface area contributed by atoms with Crippen molar-refractivity contribution in [2.75, 3.05) is 0 Å². The van der Waals surface area contributed by atoms with Gasteiger partial charge in [-0.05, 0) is 12.2 Å². The highest BCUT2D eigenvalue weighted by molar-refractivity contribution is 7.78. The van der Waals surface area contributed by atoms with Crippen molar-refractivity contribution in [2.45, 2.75) is 0 Å². The number of nitrogens with zero attached hydrogens (tertiary/aromatic N) is 1. The fourth-order valence-corrected chi connectivity index (χ4v) is 0.278. The Hall–Kier alpha value is 0.0900. The van der Waals surface area contributed by atoms with Gasteiger partial charge < -0.3 is 0 Å². The van der Waals surface area contributed by atoms with E-state index in [4.69, 9.17) is 0 Å². The zero-order valence-corrected chi connectivity index (χ0v) is 4.27. The zero-order chi connectivity index (χ0) is 4.99. The molecule has 0 aromatic rings. The van der Waals surface area contributed by atoms with Gasteiger partial charge in [0.1, 0.15) is 0 Å². The van der Waals surface area contributed by atoms with E-state index in [-0.39, 0.29) is 0 Å². The Balaban J connectivity index is 3.29. The molecule has 0 fully saturated rings. The summed E-state index contributed by atoms with van der Waals surface area (Å²) < 4.78 is 24.0. The van der Waals surface area contributed by atoms with Gasteiger partial charge in [-0.15, -0.1) is 4.76 Å². The third-order valence-corrected chi connectivity index (χ3v) is 0.594. The number of thiocarbonyl (C=S) groups is 1. The maximum atomic E-state index is 10.8. The van der Waals surface area contributed by atoms with Gasteiger partial charge in [0.25, 0.3) is 0 Å². The van der Waals surface area contributed by atoms with Crippen LogP contribution in [0.3, 0.4) is 0 Å². The van der Waals surface area contributed by atoms with Gasteiger partial charge in [-0.1, -0.05) is 0 Å². The smallest absolute Gasteiger partial charge is 0.160 e. The predicted octanol–water partition coefficient (Wildman–Crippen LogP) is 2.26.